The molecule has 0 amide bonds. The SMILES string of the molecule is CCc1ccc2ccccc2c1C=NC1CCCCC1. The fraction of sp³-hybridized carbons (Fsp3) is 0.421. The number of aryl methyl sites for hydroxylation is 1. The molecule has 1 aliphatic carbocycles. The lowest BCUT2D eigenvalue weighted by atomic mass is 9.95. The molecule has 0 heterocycles. The van der Waals surface area contributed by atoms with Gasteiger partial charge in [0.15, 0.2) is 0 Å². The van der Waals surface area contributed by atoms with Crippen molar-refractivity contribution in [2.45, 2.75) is 51.5 Å². The first kappa shape index (κ1) is 13.4. The van der Waals surface area contributed by atoms with Crippen molar-refractivity contribution in [2.75, 3.05) is 0 Å². The molecular formula is C19H23N. The van der Waals surface area contributed by atoms with Crippen molar-refractivity contribution >= 4 is 17.0 Å². The van der Waals surface area contributed by atoms with Gasteiger partial charge in [-0.05, 0) is 35.6 Å². The molecule has 104 valence electrons. The van der Waals surface area contributed by atoms with Crippen molar-refractivity contribution in [3.63, 3.8) is 0 Å². The summed E-state index contributed by atoms with van der Waals surface area (Å²) in [6.07, 6.45) is 9.83. The van der Waals surface area contributed by atoms with Crippen LogP contribution in [0.1, 0.15) is 50.2 Å². The average molecular weight is 265 g/mol. The van der Waals surface area contributed by atoms with Gasteiger partial charge in [0.2, 0.25) is 0 Å². The third-order valence-corrected chi connectivity index (χ3v) is 4.43. The lowest BCUT2D eigenvalue weighted by molar-refractivity contribution is 0.444. The summed E-state index contributed by atoms with van der Waals surface area (Å²) in [6, 6.07) is 13.7. The second-order valence-corrected chi connectivity index (χ2v) is 5.78. The number of benzene rings is 2. The van der Waals surface area contributed by atoms with Crippen LogP contribution in [0.5, 0.6) is 0 Å². The van der Waals surface area contributed by atoms with Crippen LogP contribution >= 0.6 is 0 Å². The maximum atomic E-state index is 4.89. The molecule has 1 heteroatoms. The van der Waals surface area contributed by atoms with Gasteiger partial charge >= 0.3 is 0 Å². The summed E-state index contributed by atoms with van der Waals surface area (Å²) in [5.41, 5.74) is 2.74. The van der Waals surface area contributed by atoms with E-state index >= 15 is 0 Å². The molecule has 1 aliphatic rings. The summed E-state index contributed by atoms with van der Waals surface area (Å²) >= 11 is 0. The molecular weight excluding hydrogens is 242 g/mol. The molecule has 1 saturated carbocycles. The van der Waals surface area contributed by atoms with E-state index in [1.54, 1.807) is 0 Å². The monoisotopic (exact) mass is 265 g/mol. The smallest absolute Gasteiger partial charge is 0.0499 e. The molecule has 2 aromatic carbocycles. The Labute approximate surface area is 121 Å². The third kappa shape index (κ3) is 2.77. The van der Waals surface area contributed by atoms with E-state index in [1.165, 1.54) is 54.0 Å². The molecule has 2 aromatic rings. The predicted molar refractivity (Wildman–Crippen MR) is 87.8 cm³/mol. The lowest BCUT2D eigenvalue weighted by Crippen LogP contribution is -2.10. The Hall–Kier alpha value is -1.63. The Morgan fingerprint density at radius 2 is 1.85 bits per heavy atom. The molecule has 0 saturated heterocycles. The number of hydrogen-bond acceptors (Lipinski definition) is 1. The third-order valence-electron chi connectivity index (χ3n) is 4.43. The highest BCUT2D eigenvalue weighted by Gasteiger charge is 2.11. The summed E-state index contributed by atoms with van der Waals surface area (Å²) in [4.78, 5) is 4.89. The van der Waals surface area contributed by atoms with Crippen LogP contribution in [0.4, 0.5) is 0 Å². The van der Waals surface area contributed by atoms with E-state index in [0.717, 1.165) is 6.42 Å². The van der Waals surface area contributed by atoms with E-state index < -0.39 is 0 Å². The topological polar surface area (TPSA) is 12.4 Å². The number of fused-ring (bicyclic) bond motifs is 1. The molecule has 0 aliphatic heterocycles. The molecule has 0 unspecified atom stereocenters. The average Bonchev–Trinajstić information content (AvgIpc) is 2.53. The molecule has 0 N–H and O–H groups in total. The van der Waals surface area contributed by atoms with Crippen LogP contribution in [0.15, 0.2) is 41.4 Å². The van der Waals surface area contributed by atoms with Crippen molar-refractivity contribution < 1.29 is 0 Å². The maximum absolute atomic E-state index is 4.89. The summed E-state index contributed by atoms with van der Waals surface area (Å²) in [6.45, 7) is 2.22. The van der Waals surface area contributed by atoms with Gasteiger partial charge in [-0.1, -0.05) is 62.6 Å². The summed E-state index contributed by atoms with van der Waals surface area (Å²) in [5, 5.41) is 2.65. The minimum atomic E-state index is 0.549. The Morgan fingerprint density at radius 1 is 1.05 bits per heavy atom. The minimum Gasteiger partial charge on any atom is -0.289 e. The van der Waals surface area contributed by atoms with Gasteiger partial charge in [-0.2, -0.15) is 0 Å². The second-order valence-electron chi connectivity index (χ2n) is 5.78. The van der Waals surface area contributed by atoms with Crippen LogP contribution in [0.3, 0.4) is 0 Å². The van der Waals surface area contributed by atoms with E-state index in [-0.39, 0.29) is 0 Å². The molecule has 0 radical (unpaired) electrons. The number of aliphatic imine (C=N–C) groups is 1. The standard InChI is InChI=1S/C19H23N/c1-2-15-12-13-16-8-6-7-11-18(16)19(15)14-20-17-9-4-3-5-10-17/h6-8,11-14,17H,2-5,9-10H2,1H3. The highest BCUT2D eigenvalue weighted by atomic mass is 14.8. The van der Waals surface area contributed by atoms with E-state index in [2.05, 4.69) is 49.5 Å². The van der Waals surface area contributed by atoms with Gasteiger partial charge in [0, 0.05) is 17.8 Å². The van der Waals surface area contributed by atoms with Crippen molar-refractivity contribution in [3.8, 4) is 0 Å². The number of rotatable bonds is 3. The molecule has 3 rings (SSSR count). The Bertz CT molecular complexity index is 606. The summed E-state index contributed by atoms with van der Waals surface area (Å²) in [5.74, 6) is 0. The zero-order valence-electron chi connectivity index (χ0n) is 12.3. The zero-order chi connectivity index (χ0) is 13.8. The summed E-state index contributed by atoms with van der Waals surface area (Å²) < 4.78 is 0. The van der Waals surface area contributed by atoms with Gasteiger partial charge in [0.25, 0.3) is 0 Å². The van der Waals surface area contributed by atoms with Crippen LogP contribution in [0.2, 0.25) is 0 Å². The van der Waals surface area contributed by atoms with Crippen molar-refractivity contribution in [1.29, 1.82) is 0 Å². The first-order valence-corrected chi connectivity index (χ1v) is 7.92. The minimum absolute atomic E-state index is 0.549. The van der Waals surface area contributed by atoms with E-state index in [9.17, 15) is 0 Å². The number of hydrogen-bond donors (Lipinski definition) is 0. The van der Waals surface area contributed by atoms with Gasteiger partial charge in [-0.25, -0.2) is 0 Å². The fourth-order valence-electron chi connectivity index (χ4n) is 3.21. The Balaban J connectivity index is 1.97. The first-order chi connectivity index (χ1) is 9.88. The van der Waals surface area contributed by atoms with Crippen LogP contribution in [-0.2, 0) is 6.42 Å². The van der Waals surface area contributed by atoms with Crippen molar-refractivity contribution in [1.82, 2.24) is 0 Å². The first-order valence-electron chi connectivity index (χ1n) is 7.92. The Morgan fingerprint density at radius 3 is 2.65 bits per heavy atom. The lowest BCUT2D eigenvalue weighted by Gasteiger charge is -2.17. The summed E-state index contributed by atoms with van der Waals surface area (Å²) in [7, 11) is 0. The van der Waals surface area contributed by atoms with Gasteiger partial charge in [0.05, 0.1) is 0 Å². The molecule has 0 bridgehead atoms. The highest BCUT2D eigenvalue weighted by molar-refractivity contribution is 6.01. The van der Waals surface area contributed by atoms with E-state index in [1.807, 2.05) is 0 Å². The van der Waals surface area contributed by atoms with Gasteiger partial charge in [-0.15, -0.1) is 0 Å². The van der Waals surface area contributed by atoms with Crippen LogP contribution in [0.25, 0.3) is 10.8 Å². The van der Waals surface area contributed by atoms with E-state index in [4.69, 9.17) is 4.99 Å². The predicted octanol–water partition coefficient (Wildman–Crippen LogP) is 5.15. The van der Waals surface area contributed by atoms with Crippen LogP contribution < -0.4 is 0 Å². The largest absolute Gasteiger partial charge is 0.289 e. The van der Waals surface area contributed by atoms with Crippen LogP contribution in [-0.4, -0.2) is 12.3 Å². The Kier molecular flexibility index (Phi) is 4.15. The van der Waals surface area contributed by atoms with E-state index in [0.29, 0.717) is 6.04 Å². The maximum Gasteiger partial charge on any atom is 0.0499 e. The molecule has 1 fully saturated rings. The highest BCUT2D eigenvalue weighted by Crippen LogP contribution is 2.24. The molecule has 0 spiro atoms. The van der Waals surface area contributed by atoms with Gasteiger partial charge in [0.1, 0.15) is 0 Å². The van der Waals surface area contributed by atoms with Gasteiger partial charge in [-0.3, -0.25) is 4.99 Å². The van der Waals surface area contributed by atoms with Crippen molar-refractivity contribution in [2.24, 2.45) is 4.99 Å². The second kappa shape index (κ2) is 6.21. The molecule has 0 atom stereocenters. The number of nitrogens with zero attached hydrogens (tertiary/aromatic N) is 1. The molecule has 0 aromatic heterocycles. The van der Waals surface area contributed by atoms with Gasteiger partial charge < -0.3 is 0 Å². The molecule has 1 nitrogen and oxygen atoms in total. The fourth-order valence-corrected chi connectivity index (χ4v) is 3.21. The molecule has 20 heavy (non-hydrogen) atoms. The quantitative estimate of drug-likeness (QED) is 0.680. The normalized spacial score (nSPS) is 17.1. The zero-order valence-corrected chi connectivity index (χ0v) is 12.3. The van der Waals surface area contributed by atoms with Crippen LogP contribution in [0, 0.1) is 0 Å². The van der Waals surface area contributed by atoms with Crippen molar-refractivity contribution in [3.05, 3.63) is 47.5 Å².